The highest BCUT2D eigenvalue weighted by atomic mass is 16.3. The van der Waals surface area contributed by atoms with E-state index in [1.165, 1.54) is 11.1 Å². The first-order chi connectivity index (χ1) is 12.7. The summed E-state index contributed by atoms with van der Waals surface area (Å²) in [5.74, 6) is -0.177. The second-order valence-corrected chi connectivity index (χ2v) is 6.90. The number of rotatable bonds is 4. The molecular weight excluding hydrogens is 324 g/mol. The van der Waals surface area contributed by atoms with Crippen molar-refractivity contribution < 1.29 is 5.11 Å². The largest absolute Gasteiger partial charge is 0.503 e. The molecule has 26 heavy (non-hydrogen) atoms. The van der Waals surface area contributed by atoms with E-state index in [-0.39, 0.29) is 11.2 Å². The molecule has 1 aliphatic heterocycles. The van der Waals surface area contributed by atoms with E-state index in [9.17, 15) is 9.90 Å². The molecule has 1 aromatic heterocycles. The molecular formula is C22H22N2O2. The number of aromatic hydroxyl groups is 1. The number of fused-ring (bicyclic) bond motifs is 1. The first-order valence-corrected chi connectivity index (χ1v) is 8.93. The van der Waals surface area contributed by atoms with Gasteiger partial charge in [0.05, 0.1) is 6.20 Å². The van der Waals surface area contributed by atoms with Crippen LogP contribution in [0.1, 0.15) is 16.8 Å². The van der Waals surface area contributed by atoms with E-state index in [1.807, 2.05) is 16.7 Å². The van der Waals surface area contributed by atoms with Crippen molar-refractivity contribution in [3.8, 4) is 5.75 Å². The summed E-state index contributed by atoms with van der Waals surface area (Å²) in [5.41, 5.74) is 3.20. The van der Waals surface area contributed by atoms with Crippen LogP contribution in [-0.2, 0) is 26.1 Å². The minimum Gasteiger partial charge on any atom is -0.503 e. The summed E-state index contributed by atoms with van der Waals surface area (Å²) in [7, 11) is 0. The predicted molar refractivity (Wildman–Crippen MR) is 102 cm³/mol. The van der Waals surface area contributed by atoms with Crippen molar-refractivity contribution in [3.63, 3.8) is 0 Å². The van der Waals surface area contributed by atoms with E-state index >= 15 is 0 Å². The first kappa shape index (κ1) is 16.6. The third kappa shape index (κ3) is 3.55. The Kier molecular flexibility index (Phi) is 4.59. The van der Waals surface area contributed by atoms with Crippen molar-refractivity contribution in [3.05, 3.63) is 100.0 Å². The quantitative estimate of drug-likeness (QED) is 0.789. The van der Waals surface area contributed by atoms with Crippen LogP contribution in [0.15, 0.2) is 77.7 Å². The Morgan fingerprint density at radius 3 is 2.31 bits per heavy atom. The maximum absolute atomic E-state index is 11.8. The molecule has 1 aliphatic rings. The number of hydrogen-bond acceptors (Lipinski definition) is 3. The molecule has 0 amide bonds. The van der Waals surface area contributed by atoms with Gasteiger partial charge in [-0.3, -0.25) is 9.69 Å². The number of aromatic nitrogens is 1. The van der Waals surface area contributed by atoms with Gasteiger partial charge in [-0.2, -0.15) is 0 Å². The summed E-state index contributed by atoms with van der Waals surface area (Å²) in [5, 5.41) is 9.81. The molecule has 0 fully saturated rings. The molecule has 3 aromatic rings. The third-order valence-corrected chi connectivity index (χ3v) is 5.03. The van der Waals surface area contributed by atoms with Crippen LogP contribution in [-0.4, -0.2) is 20.6 Å². The average molecular weight is 346 g/mol. The minimum absolute atomic E-state index is 0.177. The maximum atomic E-state index is 11.8. The lowest BCUT2D eigenvalue weighted by atomic mass is 10.0. The zero-order valence-corrected chi connectivity index (χ0v) is 14.6. The topological polar surface area (TPSA) is 45.5 Å². The lowest BCUT2D eigenvalue weighted by Crippen LogP contribution is -2.44. The summed E-state index contributed by atoms with van der Waals surface area (Å²) in [6.07, 6.45) is 2.51. The Labute approximate surface area is 153 Å². The molecule has 0 saturated carbocycles. The van der Waals surface area contributed by atoms with Gasteiger partial charge in [0, 0.05) is 37.4 Å². The van der Waals surface area contributed by atoms with Gasteiger partial charge in [0.1, 0.15) is 0 Å². The van der Waals surface area contributed by atoms with Crippen molar-refractivity contribution in [2.24, 2.45) is 0 Å². The maximum Gasteiger partial charge on any atom is 0.223 e. The molecule has 0 bridgehead atoms. The molecule has 1 atom stereocenters. The second kappa shape index (κ2) is 7.18. The van der Waals surface area contributed by atoms with Crippen molar-refractivity contribution >= 4 is 0 Å². The molecule has 2 aromatic carbocycles. The molecule has 1 N–H and O–H groups in total. The molecule has 0 spiro atoms. The van der Waals surface area contributed by atoms with Gasteiger partial charge in [-0.05, 0) is 17.5 Å². The normalized spacial score (nSPS) is 17.0. The van der Waals surface area contributed by atoms with Gasteiger partial charge in [0.15, 0.2) is 5.75 Å². The van der Waals surface area contributed by atoms with E-state index in [1.54, 1.807) is 12.3 Å². The number of pyridine rings is 1. The van der Waals surface area contributed by atoms with E-state index in [0.29, 0.717) is 12.6 Å². The van der Waals surface area contributed by atoms with Crippen LogP contribution < -0.4 is 5.43 Å². The molecule has 0 saturated heterocycles. The fourth-order valence-electron chi connectivity index (χ4n) is 3.67. The summed E-state index contributed by atoms with van der Waals surface area (Å²) in [4.78, 5) is 14.3. The Hall–Kier alpha value is -2.85. The monoisotopic (exact) mass is 346 g/mol. The third-order valence-electron chi connectivity index (χ3n) is 5.03. The fraction of sp³-hybridized carbons (Fsp3) is 0.227. The van der Waals surface area contributed by atoms with Gasteiger partial charge in [-0.15, -0.1) is 0 Å². The van der Waals surface area contributed by atoms with E-state index in [4.69, 9.17) is 0 Å². The highest BCUT2D eigenvalue weighted by Gasteiger charge is 2.26. The highest BCUT2D eigenvalue weighted by molar-refractivity contribution is 5.23. The van der Waals surface area contributed by atoms with Crippen LogP contribution in [0.25, 0.3) is 0 Å². The van der Waals surface area contributed by atoms with Crippen LogP contribution in [0, 0.1) is 0 Å². The van der Waals surface area contributed by atoms with Crippen LogP contribution in [0.4, 0.5) is 0 Å². The van der Waals surface area contributed by atoms with Gasteiger partial charge >= 0.3 is 0 Å². The Bertz CT molecular complexity index is 935. The molecule has 0 aliphatic carbocycles. The minimum atomic E-state index is -0.308. The van der Waals surface area contributed by atoms with Crippen molar-refractivity contribution in [1.29, 1.82) is 0 Å². The molecule has 2 heterocycles. The molecule has 132 valence electrons. The summed E-state index contributed by atoms with van der Waals surface area (Å²) >= 11 is 0. The average Bonchev–Trinajstić information content (AvgIpc) is 2.65. The van der Waals surface area contributed by atoms with Gasteiger partial charge < -0.3 is 9.67 Å². The molecule has 4 rings (SSSR count). The van der Waals surface area contributed by atoms with Crippen LogP contribution in [0.2, 0.25) is 0 Å². The van der Waals surface area contributed by atoms with Crippen LogP contribution in [0.3, 0.4) is 0 Å². The number of hydrogen-bond donors (Lipinski definition) is 1. The number of benzene rings is 2. The molecule has 1 unspecified atom stereocenters. The zero-order valence-electron chi connectivity index (χ0n) is 14.6. The van der Waals surface area contributed by atoms with Crippen molar-refractivity contribution in [2.75, 3.05) is 0 Å². The SMILES string of the molecule is O=c1cc2n(cc1O)CC(Cc1ccccc1)N(Cc1ccccc1)C2. The predicted octanol–water partition coefficient (Wildman–Crippen LogP) is 3.18. The van der Waals surface area contributed by atoms with E-state index in [0.717, 1.165) is 25.2 Å². The standard InChI is InChI=1S/C22H22N2O2/c25-21-12-20-15-23(13-18-9-5-2-6-10-18)19(14-24(20)16-22(21)26)11-17-7-3-1-4-8-17/h1-10,12,16,19,26H,11,13-15H2. The lowest BCUT2D eigenvalue weighted by Gasteiger charge is -2.38. The molecule has 4 nitrogen and oxygen atoms in total. The smallest absolute Gasteiger partial charge is 0.223 e. The summed E-state index contributed by atoms with van der Waals surface area (Å²) in [6.45, 7) is 2.29. The van der Waals surface area contributed by atoms with E-state index < -0.39 is 0 Å². The van der Waals surface area contributed by atoms with E-state index in [2.05, 4.69) is 53.4 Å². The molecule has 0 radical (unpaired) electrons. The van der Waals surface area contributed by atoms with Crippen molar-refractivity contribution in [2.45, 2.75) is 32.1 Å². The van der Waals surface area contributed by atoms with Crippen LogP contribution >= 0.6 is 0 Å². The molecule has 4 heteroatoms. The second-order valence-electron chi connectivity index (χ2n) is 6.90. The van der Waals surface area contributed by atoms with Crippen molar-refractivity contribution in [1.82, 2.24) is 9.47 Å². The number of nitrogens with zero attached hydrogens (tertiary/aromatic N) is 2. The van der Waals surface area contributed by atoms with Crippen LogP contribution in [0.5, 0.6) is 5.75 Å². The first-order valence-electron chi connectivity index (χ1n) is 8.93. The Morgan fingerprint density at radius 2 is 1.62 bits per heavy atom. The van der Waals surface area contributed by atoms with Gasteiger partial charge in [-0.25, -0.2) is 0 Å². The highest BCUT2D eigenvalue weighted by Crippen LogP contribution is 2.23. The Morgan fingerprint density at radius 1 is 0.962 bits per heavy atom. The zero-order chi connectivity index (χ0) is 17.9. The van der Waals surface area contributed by atoms with Gasteiger partial charge in [0.2, 0.25) is 5.43 Å². The van der Waals surface area contributed by atoms with Gasteiger partial charge in [-0.1, -0.05) is 60.7 Å². The summed E-state index contributed by atoms with van der Waals surface area (Å²) < 4.78 is 2.02. The Balaban J connectivity index is 1.65. The lowest BCUT2D eigenvalue weighted by molar-refractivity contribution is 0.128. The van der Waals surface area contributed by atoms with Gasteiger partial charge in [0.25, 0.3) is 0 Å². The fourth-order valence-corrected chi connectivity index (χ4v) is 3.67. The summed E-state index contributed by atoms with van der Waals surface area (Å²) in [6, 6.07) is 22.7.